The van der Waals surface area contributed by atoms with Gasteiger partial charge in [0.05, 0.1) is 10.6 Å². The molecule has 1 heterocycles. The zero-order chi connectivity index (χ0) is 19.0. The molecule has 1 aliphatic rings. The Morgan fingerprint density at radius 2 is 1.74 bits per heavy atom. The van der Waals surface area contributed by atoms with E-state index in [1.807, 2.05) is 25.1 Å². The van der Waals surface area contributed by atoms with Crippen LogP contribution < -0.4 is 9.62 Å². The van der Waals surface area contributed by atoms with Crippen LogP contribution in [0.15, 0.2) is 65.6 Å². The van der Waals surface area contributed by atoms with Gasteiger partial charge in [0.15, 0.2) is 0 Å². The van der Waals surface area contributed by atoms with Crippen LogP contribution in [0.4, 0.5) is 11.4 Å². The Balaban J connectivity index is 1.91. The normalized spacial score (nSPS) is 13.0. The number of unbranched alkanes of at least 4 members (excludes halogenated alkanes) is 1. The van der Waals surface area contributed by atoms with Crippen molar-refractivity contribution in [1.29, 1.82) is 0 Å². The van der Waals surface area contributed by atoms with Crippen LogP contribution in [0.3, 0.4) is 0 Å². The highest BCUT2D eigenvalue weighted by molar-refractivity contribution is 7.93. The third-order valence-corrected chi connectivity index (χ3v) is 6.71. The fourth-order valence-electron chi connectivity index (χ4n) is 3.49. The Labute approximate surface area is 158 Å². The highest BCUT2D eigenvalue weighted by Gasteiger charge is 2.30. The standard InChI is InChI=1S/C21H20N2O3S/c1-2-3-14-23(15-8-5-4-6-9-15)27(25,26)19-13-12-18-20-16(19)10-7-11-17(20)21(24)22-18/h4-13H,2-3,14H2,1H3,(H,22,24). The topological polar surface area (TPSA) is 66.5 Å². The van der Waals surface area contributed by atoms with Crippen LogP contribution in [-0.2, 0) is 10.0 Å². The van der Waals surface area contributed by atoms with E-state index in [2.05, 4.69) is 5.32 Å². The van der Waals surface area contributed by atoms with Gasteiger partial charge in [0.1, 0.15) is 0 Å². The van der Waals surface area contributed by atoms with Gasteiger partial charge in [0.2, 0.25) is 0 Å². The Morgan fingerprint density at radius 3 is 2.48 bits per heavy atom. The van der Waals surface area contributed by atoms with Gasteiger partial charge >= 0.3 is 0 Å². The first kappa shape index (κ1) is 17.5. The molecule has 0 fully saturated rings. The second kappa shape index (κ2) is 6.70. The number of benzene rings is 3. The minimum absolute atomic E-state index is 0.198. The van der Waals surface area contributed by atoms with Gasteiger partial charge in [-0.3, -0.25) is 9.10 Å². The highest BCUT2D eigenvalue weighted by atomic mass is 32.2. The Hall–Kier alpha value is -2.86. The molecule has 0 bridgehead atoms. The fourth-order valence-corrected chi connectivity index (χ4v) is 5.18. The molecule has 0 radical (unpaired) electrons. The van der Waals surface area contributed by atoms with Crippen LogP contribution in [0.1, 0.15) is 30.1 Å². The summed E-state index contributed by atoms with van der Waals surface area (Å²) in [6.45, 7) is 2.44. The largest absolute Gasteiger partial charge is 0.321 e. The number of nitrogens with one attached hydrogen (secondary N) is 1. The average Bonchev–Trinajstić information content (AvgIpc) is 3.00. The molecule has 0 atom stereocenters. The molecular weight excluding hydrogens is 360 g/mol. The van der Waals surface area contributed by atoms with Crippen LogP contribution in [0.5, 0.6) is 0 Å². The van der Waals surface area contributed by atoms with Gasteiger partial charge in [0, 0.05) is 28.6 Å². The third-order valence-electron chi connectivity index (χ3n) is 4.82. The number of hydrogen-bond acceptors (Lipinski definition) is 3. The molecule has 0 aromatic heterocycles. The predicted octanol–water partition coefficient (Wildman–Crippen LogP) is 4.40. The van der Waals surface area contributed by atoms with Crippen molar-refractivity contribution in [3.63, 3.8) is 0 Å². The summed E-state index contributed by atoms with van der Waals surface area (Å²) in [5.41, 5.74) is 1.81. The van der Waals surface area contributed by atoms with Crippen LogP contribution in [-0.4, -0.2) is 20.9 Å². The zero-order valence-electron chi connectivity index (χ0n) is 15.0. The molecule has 1 amide bonds. The van der Waals surface area contributed by atoms with Crippen molar-refractivity contribution in [3.8, 4) is 0 Å². The molecule has 0 aliphatic carbocycles. The lowest BCUT2D eigenvalue weighted by Crippen LogP contribution is -2.32. The SMILES string of the molecule is CCCCN(c1ccccc1)S(=O)(=O)c1ccc2c3c(cccc13)C(=O)N2. The zero-order valence-corrected chi connectivity index (χ0v) is 15.8. The lowest BCUT2D eigenvalue weighted by atomic mass is 10.1. The number of sulfonamides is 1. The van der Waals surface area contributed by atoms with Gasteiger partial charge in [-0.25, -0.2) is 8.42 Å². The van der Waals surface area contributed by atoms with Crippen molar-refractivity contribution in [2.24, 2.45) is 0 Å². The molecule has 0 saturated heterocycles. The molecule has 3 aromatic rings. The summed E-state index contributed by atoms with van der Waals surface area (Å²) >= 11 is 0. The molecule has 0 unspecified atom stereocenters. The summed E-state index contributed by atoms with van der Waals surface area (Å²) in [7, 11) is -3.78. The van der Waals surface area contributed by atoms with Crippen LogP contribution in [0, 0.1) is 0 Å². The number of carbonyl (C=O) groups is 1. The Kier molecular flexibility index (Phi) is 4.36. The minimum atomic E-state index is -3.78. The van der Waals surface area contributed by atoms with Crippen molar-refractivity contribution >= 4 is 38.1 Å². The molecule has 4 rings (SSSR count). The van der Waals surface area contributed by atoms with Crippen molar-refractivity contribution < 1.29 is 13.2 Å². The molecule has 3 aromatic carbocycles. The maximum Gasteiger partial charge on any atom is 0.264 e. The smallest absolute Gasteiger partial charge is 0.264 e. The Bertz CT molecular complexity index is 1120. The second-order valence-electron chi connectivity index (χ2n) is 6.56. The van der Waals surface area contributed by atoms with Gasteiger partial charge in [0.25, 0.3) is 15.9 Å². The number of carbonyl (C=O) groups excluding carboxylic acids is 1. The van der Waals surface area contributed by atoms with E-state index in [1.165, 1.54) is 4.31 Å². The van der Waals surface area contributed by atoms with E-state index in [0.29, 0.717) is 34.3 Å². The van der Waals surface area contributed by atoms with Crippen molar-refractivity contribution in [2.75, 3.05) is 16.2 Å². The monoisotopic (exact) mass is 380 g/mol. The number of hydrogen-bond donors (Lipinski definition) is 1. The van der Waals surface area contributed by atoms with Crippen LogP contribution >= 0.6 is 0 Å². The molecule has 1 N–H and O–H groups in total. The quantitative estimate of drug-likeness (QED) is 0.689. The van der Waals surface area contributed by atoms with E-state index in [9.17, 15) is 13.2 Å². The summed E-state index contributed by atoms with van der Waals surface area (Å²) in [6, 6.07) is 17.6. The van der Waals surface area contributed by atoms with Gasteiger partial charge < -0.3 is 5.32 Å². The number of nitrogens with zero attached hydrogens (tertiary/aromatic N) is 1. The number of rotatable bonds is 6. The highest BCUT2D eigenvalue weighted by Crippen LogP contribution is 2.38. The van der Waals surface area contributed by atoms with E-state index in [1.54, 1.807) is 42.5 Å². The molecule has 1 aliphatic heterocycles. The number of anilines is 2. The van der Waals surface area contributed by atoms with Gasteiger partial charge in [-0.1, -0.05) is 43.7 Å². The summed E-state index contributed by atoms with van der Waals surface area (Å²) in [5.74, 6) is -0.198. The first-order chi connectivity index (χ1) is 13.0. The number of amides is 1. The maximum atomic E-state index is 13.6. The minimum Gasteiger partial charge on any atom is -0.321 e. The van der Waals surface area contributed by atoms with E-state index in [0.717, 1.165) is 12.8 Å². The summed E-state index contributed by atoms with van der Waals surface area (Å²) in [6.07, 6.45) is 1.65. The van der Waals surface area contributed by atoms with Crippen LogP contribution in [0.25, 0.3) is 10.8 Å². The van der Waals surface area contributed by atoms with Crippen molar-refractivity contribution in [2.45, 2.75) is 24.7 Å². The second-order valence-corrected chi connectivity index (χ2v) is 8.39. The first-order valence-corrected chi connectivity index (χ1v) is 10.4. The van der Waals surface area contributed by atoms with Gasteiger partial charge in [-0.05, 0) is 36.8 Å². The molecule has 0 spiro atoms. The van der Waals surface area contributed by atoms with Gasteiger partial charge in [-0.2, -0.15) is 0 Å². The van der Waals surface area contributed by atoms with Crippen LogP contribution in [0.2, 0.25) is 0 Å². The third kappa shape index (κ3) is 2.86. The predicted molar refractivity (Wildman–Crippen MR) is 108 cm³/mol. The lowest BCUT2D eigenvalue weighted by molar-refractivity contribution is 0.103. The van der Waals surface area contributed by atoms with Crippen molar-refractivity contribution in [3.05, 3.63) is 66.2 Å². The maximum absolute atomic E-state index is 13.6. The van der Waals surface area contributed by atoms with E-state index >= 15 is 0 Å². The fraction of sp³-hybridized carbons (Fsp3) is 0.190. The molecule has 27 heavy (non-hydrogen) atoms. The summed E-state index contributed by atoms with van der Waals surface area (Å²) in [4.78, 5) is 12.4. The molecule has 5 nitrogen and oxygen atoms in total. The number of para-hydroxylation sites is 1. The molecular formula is C21H20N2O3S. The lowest BCUT2D eigenvalue weighted by Gasteiger charge is -2.25. The molecule has 6 heteroatoms. The Morgan fingerprint density at radius 1 is 0.963 bits per heavy atom. The first-order valence-electron chi connectivity index (χ1n) is 8.99. The van der Waals surface area contributed by atoms with E-state index < -0.39 is 10.0 Å². The van der Waals surface area contributed by atoms with E-state index in [4.69, 9.17) is 0 Å². The van der Waals surface area contributed by atoms with Crippen molar-refractivity contribution in [1.82, 2.24) is 0 Å². The molecule has 138 valence electrons. The molecule has 0 saturated carbocycles. The summed E-state index contributed by atoms with van der Waals surface area (Å²) < 4.78 is 28.7. The van der Waals surface area contributed by atoms with E-state index in [-0.39, 0.29) is 10.8 Å². The average molecular weight is 380 g/mol. The summed E-state index contributed by atoms with van der Waals surface area (Å²) in [5, 5.41) is 4.04. The van der Waals surface area contributed by atoms with Gasteiger partial charge in [-0.15, -0.1) is 0 Å².